The van der Waals surface area contributed by atoms with Crippen molar-refractivity contribution in [3.05, 3.63) is 42.0 Å². The summed E-state index contributed by atoms with van der Waals surface area (Å²) in [6, 6.07) is 3.74. The Morgan fingerprint density at radius 3 is 2.39 bits per heavy atom. The van der Waals surface area contributed by atoms with E-state index in [1.807, 2.05) is 13.8 Å². The van der Waals surface area contributed by atoms with Crippen LogP contribution in [0.5, 0.6) is 0 Å². The van der Waals surface area contributed by atoms with Gasteiger partial charge < -0.3 is 4.90 Å². The van der Waals surface area contributed by atoms with E-state index in [1.165, 1.54) is 0 Å². The van der Waals surface area contributed by atoms with Gasteiger partial charge in [0.1, 0.15) is 0 Å². The van der Waals surface area contributed by atoms with Gasteiger partial charge in [-0.05, 0) is 44.9 Å². The summed E-state index contributed by atoms with van der Waals surface area (Å²) < 4.78 is 65.3. The molecule has 1 amide bonds. The second kappa shape index (κ2) is 8.65. The topological polar surface area (TPSA) is 57.7 Å². The smallest absolute Gasteiger partial charge is 0.339 e. The molecule has 1 aliphatic heterocycles. The molecular formula is C19H25F3N2O3S. The molecule has 0 radical (unpaired) electrons. The molecule has 1 heterocycles. The fourth-order valence-electron chi connectivity index (χ4n) is 3.25. The summed E-state index contributed by atoms with van der Waals surface area (Å²) in [6.45, 7) is 8.70. The van der Waals surface area contributed by atoms with Gasteiger partial charge in [0, 0.05) is 32.1 Å². The number of hydrogen-bond donors (Lipinski definition) is 0. The van der Waals surface area contributed by atoms with Gasteiger partial charge in [0.15, 0.2) is 0 Å². The summed E-state index contributed by atoms with van der Waals surface area (Å²) in [5.41, 5.74) is -0.142. The lowest BCUT2D eigenvalue weighted by Crippen LogP contribution is -2.44. The SMILES string of the molecule is C=C(C)CN(CC)C(=O)C1CCN(S(=O)(=O)c2cccc(C(F)(F)F)c2)CC1. The monoisotopic (exact) mass is 418 g/mol. The van der Waals surface area contributed by atoms with Gasteiger partial charge >= 0.3 is 6.18 Å². The van der Waals surface area contributed by atoms with Gasteiger partial charge in [0.2, 0.25) is 15.9 Å². The normalized spacial score (nSPS) is 16.8. The first-order chi connectivity index (χ1) is 13.0. The maximum Gasteiger partial charge on any atom is 0.416 e. The molecule has 0 bridgehead atoms. The Labute approximate surface area is 163 Å². The number of amides is 1. The van der Waals surface area contributed by atoms with Crippen LogP contribution in [0, 0.1) is 5.92 Å². The molecule has 0 atom stereocenters. The standard InChI is InChI=1S/C19H25F3N2O3S/c1-4-23(13-14(2)3)18(25)15-8-10-24(11-9-15)28(26,27)17-7-5-6-16(12-17)19(20,21)22/h5-7,12,15H,2,4,8-11,13H2,1,3H3. The van der Waals surface area contributed by atoms with E-state index in [-0.39, 0.29) is 29.8 Å². The minimum absolute atomic E-state index is 0.0402. The molecular weight excluding hydrogens is 393 g/mol. The lowest BCUT2D eigenvalue weighted by molar-refractivity contribution is -0.138. The molecule has 156 valence electrons. The molecule has 0 spiro atoms. The average Bonchev–Trinajstić information content (AvgIpc) is 2.65. The minimum atomic E-state index is -4.61. The Kier molecular flexibility index (Phi) is 6.93. The molecule has 0 unspecified atom stereocenters. The first-order valence-electron chi connectivity index (χ1n) is 9.07. The van der Waals surface area contributed by atoms with Crippen molar-refractivity contribution in [2.24, 2.45) is 5.92 Å². The summed E-state index contributed by atoms with van der Waals surface area (Å²) in [5.74, 6) is -0.339. The third-order valence-corrected chi connectivity index (χ3v) is 6.65. The summed E-state index contributed by atoms with van der Waals surface area (Å²) in [6.07, 6.45) is -3.94. The molecule has 1 saturated heterocycles. The van der Waals surface area contributed by atoms with Crippen molar-refractivity contribution >= 4 is 15.9 Å². The largest absolute Gasteiger partial charge is 0.416 e. The Hall–Kier alpha value is -1.87. The van der Waals surface area contributed by atoms with Gasteiger partial charge in [0.25, 0.3) is 0 Å². The molecule has 0 N–H and O–H groups in total. The zero-order valence-corrected chi connectivity index (χ0v) is 16.8. The number of rotatable bonds is 6. The Morgan fingerprint density at radius 2 is 1.89 bits per heavy atom. The Morgan fingerprint density at radius 1 is 1.29 bits per heavy atom. The third kappa shape index (κ3) is 5.14. The minimum Gasteiger partial charge on any atom is -0.339 e. The zero-order valence-electron chi connectivity index (χ0n) is 16.0. The van der Waals surface area contributed by atoms with Crippen LogP contribution < -0.4 is 0 Å². The molecule has 0 aromatic heterocycles. The van der Waals surface area contributed by atoms with Gasteiger partial charge in [-0.15, -0.1) is 0 Å². The van der Waals surface area contributed by atoms with Crippen LogP contribution in [0.4, 0.5) is 13.2 Å². The van der Waals surface area contributed by atoms with Crippen molar-refractivity contribution in [3.63, 3.8) is 0 Å². The number of carbonyl (C=O) groups excluding carboxylic acids is 1. The number of hydrogen-bond acceptors (Lipinski definition) is 3. The average molecular weight is 418 g/mol. The molecule has 28 heavy (non-hydrogen) atoms. The van der Waals surface area contributed by atoms with Crippen LogP contribution in [0.3, 0.4) is 0 Å². The zero-order chi connectivity index (χ0) is 21.1. The highest BCUT2D eigenvalue weighted by Gasteiger charge is 2.35. The summed E-state index contributed by atoms with van der Waals surface area (Å²) in [7, 11) is -4.04. The third-order valence-electron chi connectivity index (χ3n) is 4.76. The number of sulfonamides is 1. The van der Waals surface area contributed by atoms with Crippen LogP contribution in [0.25, 0.3) is 0 Å². The van der Waals surface area contributed by atoms with Gasteiger partial charge in [-0.3, -0.25) is 4.79 Å². The van der Waals surface area contributed by atoms with E-state index in [0.717, 1.165) is 28.1 Å². The predicted octanol–water partition coefficient (Wildman–Crippen LogP) is 3.53. The second-order valence-corrected chi connectivity index (χ2v) is 8.95. The molecule has 1 fully saturated rings. The predicted molar refractivity (Wildman–Crippen MR) is 100.0 cm³/mol. The lowest BCUT2D eigenvalue weighted by atomic mass is 9.96. The number of nitrogens with zero attached hydrogens (tertiary/aromatic N) is 2. The molecule has 1 aromatic carbocycles. The number of benzene rings is 1. The van der Waals surface area contributed by atoms with Gasteiger partial charge in [-0.25, -0.2) is 8.42 Å². The Balaban J connectivity index is 2.10. The summed E-state index contributed by atoms with van der Waals surface area (Å²) >= 11 is 0. The fourth-order valence-corrected chi connectivity index (χ4v) is 4.77. The van der Waals surface area contributed by atoms with E-state index >= 15 is 0 Å². The molecule has 9 heteroatoms. The molecule has 1 aromatic rings. The lowest BCUT2D eigenvalue weighted by Gasteiger charge is -2.33. The molecule has 1 aliphatic rings. The van der Waals surface area contributed by atoms with Crippen LogP contribution in [0.1, 0.15) is 32.3 Å². The molecule has 2 rings (SSSR count). The van der Waals surface area contributed by atoms with Crippen molar-refractivity contribution in [3.8, 4) is 0 Å². The number of alkyl halides is 3. The first kappa shape index (κ1) is 22.4. The number of piperidine rings is 1. The quantitative estimate of drug-likeness (QED) is 0.664. The van der Waals surface area contributed by atoms with Crippen molar-refractivity contribution in [1.29, 1.82) is 0 Å². The molecule has 5 nitrogen and oxygen atoms in total. The fraction of sp³-hybridized carbons (Fsp3) is 0.526. The van der Waals surface area contributed by atoms with Crippen LogP contribution in [0.15, 0.2) is 41.3 Å². The number of likely N-dealkylation sites (N-methyl/N-ethyl adjacent to an activating group) is 1. The number of carbonyl (C=O) groups is 1. The van der Waals surface area contributed by atoms with E-state index in [2.05, 4.69) is 6.58 Å². The van der Waals surface area contributed by atoms with Crippen molar-refractivity contribution in [2.45, 2.75) is 37.8 Å². The summed E-state index contributed by atoms with van der Waals surface area (Å²) in [4.78, 5) is 13.9. The van der Waals surface area contributed by atoms with Gasteiger partial charge in [0.05, 0.1) is 10.5 Å². The van der Waals surface area contributed by atoms with Crippen LogP contribution in [-0.2, 0) is 21.0 Å². The highest BCUT2D eigenvalue weighted by Crippen LogP contribution is 2.32. The van der Waals surface area contributed by atoms with Crippen molar-refractivity contribution < 1.29 is 26.4 Å². The Bertz CT molecular complexity index is 829. The van der Waals surface area contributed by atoms with E-state index in [4.69, 9.17) is 0 Å². The maximum atomic E-state index is 12.9. The van der Waals surface area contributed by atoms with E-state index in [0.29, 0.717) is 32.0 Å². The van der Waals surface area contributed by atoms with E-state index in [9.17, 15) is 26.4 Å². The molecule has 0 aliphatic carbocycles. The first-order valence-corrected chi connectivity index (χ1v) is 10.5. The van der Waals surface area contributed by atoms with Crippen molar-refractivity contribution in [2.75, 3.05) is 26.2 Å². The van der Waals surface area contributed by atoms with Gasteiger partial charge in [-0.2, -0.15) is 17.5 Å². The summed E-state index contributed by atoms with van der Waals surface area (Å²) in [5, 5.41) is 0. The second-order valence-electron chi connectivity index (χ2n) is 7.01. The van der Waals surface area contributed by atoms with Crippen molar-refractivity contribution in [1.82, 2.24) is 9.21 Å². The van der Waals surface area contributed by atoms with Crippen LogP contribution >= 0.6 is 0 Å². The number of halogens is 3. The maximum absolute atomic E-state index is 12.9. The van der Waals surface area contributed by atoms with Crippen LogP contribution in [-0.4, -0.2) is 49.7 Å². The van der Waals surface area contributed by atoms with E-state index in [1.54, 1.807) is 4.90 Å². The van der Waals surface area contributed by atoms with Crippen LogP contribution in [0.2, 0.25) is 0 Å². The van der Waals surface area contributed by atoms with E-state index < -0.39 is 21.8 Å². The molecule has 0 saturated carbocycles. The highest BCUT2D eigenvalue weighted by atomic mass is 32.2. The van der Waals surface area contributed by atoms with Gasteiger partial charge in [-0.1, -0.05) is 18.2 Å². The highest BCUT2D eigenvalue weighted by molar-refractivity contribution is 7.89.